The average molecular weight is 983 g/mol. The van der Waals surface area contributed by atoms with Crippen molar-refractivity contribution >= 4 is 46.5 Å². The maximum atomic E-state index is 14.2. The molecule has 5 fully saturated rings. The van der Waals surface area contributed by atoms with E-state index in [1.165, 1.54) is 10.5 Å². The summed E-state index contributed by atoms with van der Waals surface area (Å²) < 4.78 is 0. The van der Waals surface area contributed by atoms with Gasteiger partial charge in [0.2, 0.25) is 23.7 Å². The number of aliphatic hydroxyl groups excluding tert-OH is 1. The van der Waals surface area contributed by atoms with Gasteiger partial charge in [-0.1, -0.05) is 57.2 Å². The van der Waals surface area contributed by atoms with Crippen molar-refractivity contribution in [1.82, 2.24) is 45.6 Å². The lowest BCUT2D eigenvalue weighted by Gasteiger charge is -2.42. The Morgan fingerprint density at radius 3 is 2.25 bits per heavy atom. The van der Waals surface area contributed by atoms with E-state index in [-0.39, 0.29) is 61.0 Å². The molecule has 3 amide bonds. The first-order valence-corrected chi connectivity index (χ1v) is 26.1. The van der Waals surface area contributed by atoms with E-state index in [4.69, 9.17) is 15.7 Å². The SMILES string of the molecule is Cc1ncsc1-c1ccc(CNC(=O)[C@@H]2C[C@@H](O)CN2C(=O)[C@@H](NC(=O)[C@H]2C[C@H](CN3CCC(c4cnc(N5C6CCC5CN(c5cc(-c7ccccc7O)nnc5N)C6)nc4)CC3)C2)C(C)(C)C)cc1. The maximum Gasteiger partial charge on any atom is 0.246 e. The topological polar surface area (TPSA) is 219 Å². The summed E-state index contributed by atoms with van der Waals surface area (Å²) >= 11 is 1.59. The summed E-state index contributed by atoms with van der Waals surface area (Å²) in [5, 5.41) is 35.7. The van der Waals surface area contributed by atoms with Crippen molar-refractivity contribution in [3.63, 3.8) is 0 Å². The minimum atomic E-state index is -0.850. The normalized spacial score (nSPS) is 24.2. The fourth-order valence-corrected chi connectivity index (χ4v) is 12.3. The summed E-state index contributed by atoms with van der Waals surface area (Å²) in [5.74, 6) is 1.13. The van der Waals surface area contributed by atoms with Crippen LogP contribution in [-0.4, -0.2) is 132 Å². The molecule has 18 heteroatoms. The number of fused-ring (bicyclic) bond motifs is 2. The third-order valence-electron chi connectivity index (χ3n) is 15.6. The maximum absolute atomic E-state index is 14.2. The first-order chi connectivity index (χ1) is 34.2. The highest BCUT2D eigenvalue weighted by atomic mass is 32.1. The molecule has 2 bridgehead atoms. The number of piperazine rings is 1. The second kappa shape index (κ2) is 20.1. The van der Waals surface area contributed by atoms with Crippen molar-refractivity contribution < 1.29 is 24.6 Å². The minimum Gasteiger partial charge on any atom is -0.507 e. The number of rotatable bonds is 13. The number of nitrogens with one attached hydrogen (secondary N) is 2. The van der Waals surface area contributed by atoms with Crippen LogP contribution >= 0.6 is 11.3 Å². The van der Waals surface area contributed by atoms with Gasteiger partial charge in [-0.3, -0.25) is 14.4 Å². The van der Waals surface area contributed by atoms with Gasteiger partial charge in [0.05, 0.1) is 33.6 Å². The van der Waals surface area contributed by atoms with E-state index in [0.717, 1.165) is 105 Å². The molecule has 5 atom stereocenters. The number of carbonyl (C=O) groups excluding carboxylic acids is 3. The van der Waals surface area contributed by atoms with Crippen LogP contribution in [0.5, 0.6) is 5.75 Å². The molecule has 2 aromatic carbocycles. The Balaban J connectivity index is 0.673. The van der Waals surface area contributed by atoms with E-state index in [9.17, 15) is 24.6 Å². The van der Waals surface area contributed by atoms with Crippen molar-refractivity contribution in [3.05, 3.63) is 89.3 Å². The van der Waals surface area contributed by atoms with Crippen molar-refractivity contribution in [2.24, 2.45) is 17.3 Å². The summed E-state index contributed by atoms with van der Waals surface area (Å²) in [6.45, 7) is 12.5. The van der Waals surface area contributed by atoms with Crippen molar-refractivity contribution in [3.8, 4) is 27.4 Å². The van der Waals surface area contributed by atoms with Crippen LogP contribution in [0.4, 0.5) is 17.5 Å². The van der Waals surface area contributed by atoms with Crippen LogP contribution in [0.3, 0.4) is 0 Å². The number of likely N-dealkylation sites (tertiary alicyclic amines) is 2. The van der Waals surface area contributed by atoms with Gasteiger partial charge in [-0.05, 0) is 111 Å². The number of phenolic OH excluding ortho intramolecular Hbond substituents is 1. The Hall–Kier alpha value is -6.24. The van der Waals surface area contributed by atoms with E-state index in [1.54, 1.807) is 23.5 Å². The summed E-state index contributed by atoms with van der Waals surface area (Å²) in [6.07, 6.45) is 9.02. The zero-order valence-electron chi connectivity index (χ0n) is 41.1. The first kappa shape index (κ1) is 48.4. The summed E-state index contributed by atoms with van der Waals surface area (Å²) in [5.41, 5.74) is 13.8. The molecule has 4 aliphatic heterocycles. The number of para-hydroxylation sites is 1. The number of nitrogens with zero attached hydrogens (tertiary/aromatic N) is 9. The largest absolute Gasteiger partial charge is 0.507 e. The van der Waals surface area contributed by atoms with Gasteiger partial charge in [-0.15, -0.1) is 21.5 Å². The lowest BCUT2D eigenvalue weighted by molar-refractivity contribution is -0.145. The predicted molar refractivity (Wildman–Crippen MR) is 273 cm³/mol. The van der Waals surface area contributed by atoms with E-state index in [2.05, 4.69) is 40.5 Å². The van der Waals surface area contributed by atoms with Crippen LogP contribution in [0, 0.1) is 24.2 Å². The van der Waals surface area contributed by atoms with E-state index in [0.29, 0.717) is 28.9 Å². The number of amides is 3. The number of aryl methyl sites for hydroxylation is 1. The van der Waals surface area contributed by atoms with Gasteiger partial charge in [-0.2, -0.15) is 0 Å². The van der Waals surface area contributed by atoms with Crippen molar-refractivity contribution in [1.29, 1.82) is 0 Å². The molecule has 374 valence electrons. The molecule has 3 aromatic heterocycles. The lowest BCUT2D eigenvalue weighted by atomic mass is 9.73. The number of aliphatic hydroxyl groups is 1. The van der Waals surface area contributed by atoms with E-state index in [1.807, 2.05) is 88.1 Å². The van der Waals surface area contributed by atoms with Gasteiger partial charge >= 0.3 is 0 Å². The van der Waals surface area contributed by atoms with Crippen LogP contribution in [0.25, 0.3) is 21.7 Å². The monoisotopic (exact) mass is 982 g/mol. The Labute approximate surface area is 419 Å². The first-order valence-electron chi connectivity index (χ1n) is 25.2. The average Bonchev–Trinajstić information content (AvgIpc) is 4.04. The molecular formula is C53H66N12O5S. The number of nitrogens with two attached hydrogens (primary N) is 1. The number of β-amino-alcohol motifs (C(OH)–C–C–N with tert-alkyl or cyclic N) is 1. The van der Waals surface area contributed by atoms with Gasteiger partial charge in [0.25, 0.3) is 0 Å². The van der Waals surface area contributed by atoms with Gasteiger partial charge in [0, 0.05) is 75.1 Å². The molecule has 5 aromatic rings. The van der Waals surface area contributed by atoms with Crippen LogP contribution in [-0.2, 0) is 20.9 Å². The van der Waals surface area contributed by atoms with Gasteiger partial charge in [-0.25, -0.2) is 15.0 Å². The number of anilines is 3. The van der Waals surface area contributed by atoms with E-state index >= 15 is 0 Å². The third kappa shape index (κ3) is 10.3. The Morgan fingerprint density at radius 2 is 1.59 bits per heavy atom. The van der Waals surface area contributed by atoms with E-state index < -0.39 is 23.6 Å². The molecule has 17 nitrogen and oxygen atoms in total. The molecular weight excluding hydrogens is 917 g/mol. The van der Waals surface area contributed by atoms with Crippen molar-refractivity contribution in [2.45, 2.75) is 115 Å². The fourth-order valence-electron chi connectivity index (χ4n) is 11.5. The molecule has 1 aliphatic carbocycles. The van der Waals surface area contributed by atoms with Crippen LogP contribution in [0.15, 0.2) is 72.5 Å². The molecule has 4 saturated heterocycles. The number of hydrogen-bond donors (Lipinski definition) is 5. The smallest absolute Gasteiger partial charge is 0.246 e. The number of aromatic hydroxyl groups is 1. The van der Waals surface area contributed by atoms with Gasteiger partial charge in [0.1, 0.15) is 17.8 Å². The fraction of sp³-hybridized carbons (Fsp3) is 0.509. The Morgan fingerprint density at radius 1 is 0.887 bits per heavy atom. The van der Waals surface area contributed by atoms with Crippen LogP contribution in [0.1, 0.15) is 88.5 Å². The lowest BCUT2D eigenvalue weighted by Crippen LogP contribution is -2.59. The molecule has 2 unspecified atom stereocenters. The highest BCUT2D eigenvalue weighted by molar-refractivity contribution is 7.13. The second-order valence-electron chi connectivity index (χ2n) is 21.5. The number of hydrogen-bond acceptors (Lipinski definition) is 15. The van der Waals surface area contributed by atoms with Crippen molar-refractivity contribution in [2.75, 3.05) is 54.8 Å². The van der Waals surface area contributed by atoms with Gasteiger partial charge in [0.15, 0.2) is 5.82 Å². The number of benzene rings is 2. The number of nitrogen functional groups attached to an aromatic ring is 1. The standard InChI is InChI=1S/C53H66N12O5S/c1-31-46(71-30-58-31)35-11-9-32(10-12-35)23-55-50(69)44-21-40(66)29-64(44)51(70)47(53(2,3)4)59-49(68)36-19-33(20-36)26-62-17-15-34(16-18-62)37-24-56-52(57-25-37)65-38-13-14-39(65)28-63(27-38)43-22-42(60-61-48(43)54)41-7-5-6-8-45(41)67/h5-12,22,24-25,30,33-34,36,38-40,44,47,66-67H,13-21,23,26-29H2,1-4H3,(H2,54,61)(H,55,69)(H,59,68)/t33-,36-,38?,39?,40-,44+,47-/m1/s1. The molecule has 0 radical (unpaired) electrons. The number of carbonyl (C=O) groups is 3. The molecule has 7 heterocycles. The highest BCUT2D eigenvalue weighted by Crippen LogP contribution is 2.40. The molecule has 71 heavy (non-hydrogen) atoms. The predicted octanol–water partition coefficient (Wildman–Crippen LogP) is 5.53. The molecule has 1 saturated carbocycles. The molecule has 5 aliphatic rings. The summed E-state index contributed by atoms with van der Waals surface area (Å²) in [4.78, 5) is 65.5. The molecule has 6 N–H and O–H groups in total. The number of piperidine rings is 1. The quantitative estimate of drug-likeness (QED) is 0.0981. The number of aromatic nitrogens is 5. The zero-order chi connectivity index (χ0) is 49.6. The summed E-state index contributed by atoms with van der Waals surface area (Å²) in [7, 11) is 0. The van der Waals surface area contributed by atoms with Crippen LogP contribution in [0.2, 0.25) is 0 Å². The Kier molecular flexibility index (Phi) is 13.7. The van der Waals surface area contributed by atoms with Gasteiger partial charge < -0.3 is 46.2 Å². The molecule has 10 rings (SSSR count). The second-order valence-corrected chi connectivity index (χ2v) is 22.4. The Bertz CT molecular complexity index is 2700. The highest BCUT2D eigenvalue weighted by Gasteiger charge is 2.46. The number of phenols is 1. The minimum absolute atomic E-state index is 0.0376. The third-order valence-corrected chi connectivity index (χ3v) is 16.5. The number of thiazole rings is 1. The van der Waals surface area contributed by atoms with Crippen LogP contribution < -0.4 is 26.2 Å². The zero-order valence-corrected chi connectivity index (χ0v) is 41.9. The summed E-state index contributed by atoms with van der Waals surface area (Å²) in [6, 6.07) is 15.8. The molecule has 0 spiro atoms.